The van der Waals surface area contributed by atoms with Crippen molar-refractivity contribution in [2.75, 3.05) is 21.3 Å². The van der Waals surface area contributed by atoms with Crippen LogP contribution in [-0.2, 0) is 11.0 Å². The van der Waals surface area contributed by atoms with Crippen molar-refractivity contribution in [3.05, 3.63) is 29.3 Å². The van der Waals surface area contributed by atoms with Gasteiger partial charge in [-0.25, -0.2) is 5.06 Å². The molecule has 0 aliphatic heterocycles. The Kier molecular flexibility index (Phi) is 4.18. The van der Waals surface area contributed by atoms with Gasteiger partial charge in [0.15, 0.2) is 0 Å². The summed E-state index contributed by atoms with van der Waals surface area (Å²) in [5.74, 6) is -0.970. The van der Waals surface area contributed by atoms with Gasteiger partial charge in [-0.15, -0.1) is 0 Å². The molecule has 0 spiro atoms. The van der Waals surface area contributed by atoms with Gasteiger partial charge < -0.3 is 4.74 Å². The number of hydrogen-bond donors (Lipinski definition) is 0. The van der Waals surface area contributed by atoms with Gasteiger partial charge in [-0.3, -0.25) is 9.63 Å². The number of carbonyl (C=O) groups is 1. The van der Waals surface area contributed by atoms with Gasteiger partial charge in [0.05, 0.1) is 19.8 Å². The lowest BCUT2D eigenvalue weighted by molar-refractivity contribution is -0.138. The highest BCUT2D eigenvalue weighted by Crippen LogP contribution is 2.36. The normalized spacial score (nSPS) is 11.2. The Morgan fingerprint density at radius 1 is 1.28 bits per heavy atom. The minimum absolute atomic E-state index is 0.0456. The van der Waals surface area contributed by atoms with E-state index in [0.29, 0.717) is 0 Å². The molecule has 0 N–H and O–H groups in total. The molecular weight excluding hydrogens is 251 g/mol. The summed E-state index contributed by atoms with van der Waals surface area (Å²) in [5.41, 5.74) is -0.884. The van der Waals surface area contributed by atoms with Crippen LogP contribution in [0, 0.1) is 0 Å². The molecule has 0 bridgehead atoms. The van der Waals surface area contributed by atoms with Crippen LogP contribution in [0.5, 0.6) is 5.75 Å². The summed E-state index contributed by atoms with van der Waals surface area (Å²) < 4.78 is 42.4. The van der Waals surface area contributed by atoms with Gasteiger partial charge in [-0.05, 0) is 18.2 Å². The maximum atomic E-state index is 12.6. The zero-order chi connectivity index (χ0) is 13.9. The SMILES string of the molecule is COc1cc(C(=O)N(C)OC)ccc1C(F)(F)F. The minimum Gasteiger partial charge on any atom is -0.496 e. The van der Waals surface area contributed by atoms with E-state index in [1.165, 1.54) is 14.2 Å². The zero-order valence-electron chi connectivity index (χ0n) is 10.0. The number of methoxy groups -OCH3 is 1. The van der Waals surface area contributed by atoms with Crippen LogP contribution in [0.1, 0.15) is 15.9 Å². The summed E-state index contributed by atoms with van der Waals surface area (Å²) in [5, 5.41) is 0.905. The summed E-state index contributed by atoms with van der Waals surface area (Å²) in [6, 6.07) is 2.90. The Labute approximate surface area is 102 Å². The van der Waals surface area contributed by atoms with Crippen molar-refractivity contribution >= 4 is 5.91 Å². The van der Waals surface area contributed by atoms with E-state index in [9.17, 15) is 18.0 Å². The van der Waals surface area contributed by atoms with Crippen molar-refractivity contribution < 1.29 is 27.5 Å². The summed E-state index contributed by atoms with van der Waals surface area (Å²) in [6.07, 6.45) is -4.53. The molecule has 0 aliphatic carbocycles. The van der Waals surface area contributed by atoms with Crippen molar-refractivity contribution in [3.63, 3.8) is 0 Å². The molecule has 0 unspecified atom stereocenters. The maximum Gasteiger partial charge on any atom is 0.419 e. The number of alkyl halides is 3. The van der Waals surface area contributed by atoms with Gasteiger partial charge >= 0.3 is 6.18 Å². The fourth-order valence-corrected chi connectivity index (χ4v) is 1.32. The van der Waals surface area contributed by atoms with E-state index in [0.717, 1.165) is 30.4 Å². The first-order chi connectivity index (χ1) is 8.31. The van der Waals surface area contributed by atoms with E-state index in [4.69, 9.17) is 0 Å². The highest BCUT2D eigenvalue weighted by Gasteiger charge is 2.34. The molecule has 4 nitrogen and oxygen atoms in total. The number of nitrogens with zero attached hydrogens (tertiary/aromatic N) is 1. The lowest BCUT2D eigenvalue weighted by atomic mass is 10.1. The van der Waals surface area contributed by atoms with Crippen molar-refractivity contribution in [2.45, 2.75) is 6.18 Å². The molecular formula is C11H12F3NO3. The predicted molar refractivity (Wildman–Crippen MR) is 57.1 cm³/mol. The fraction of sp³-hybridized carbons (Fsp3) is 0.364. The predicted octanol–water partition coefficient (Wildman–Crippen LogP) is 2.35. The molecule has 1 aromatic rings. The Balaban J connectivity index is 3.18. The highest BCUT2D eigenvalue weighted by atomic mass is 19.4. The summed E-state index contributed by atoms with van der Waals surface area (Å²) >= 11 is 0. The quantitative estimate of drug-likeness (QED) is 0.786. The van der Waals surface area contributed by atoms with Gasteiger partial charge in [-0.2, -0.15) is 13.2 Å². The number of hydrogen-bond acceptors (Lipinski definition) is 3. The maximum absolute atomic E-state index is 12.6. The summed E-state index contributed by atoms with van der Waals surface area (Å²) in [6.45, 7) is 0. The number of hydroxylamine groups is 2. The molecule has 1 amide bonds. The molecule has 0 radical (unpaired) electrons. The van der Waals surface area contributed by atoms with Crippen LogP contribution in [0.15, 0.2) is 18.2 Å². The van der Waals surface area contributed by atoms with Crippen LogP contribution >= 0.6 is 0 Å². The summed E-state index contributed by atoms with van der Waals surface area (Å²) in [7, 11) is 3.74. The first-order valence-electron chi connectivity index (χ1n) is 4.88. The standard InChI is InChI=1S/C11H12F3NO3/c1-15(18-3)10(16)7-4-5-8(11(12,13)14)9(6-7)17-2/h4-6H,1-3H3. The Morgan fingerprint density at radius 3 is 2.33 bits per heavy atom. The molecule has 0 fully saturated rings. The average Bonchev–Trinajstić information content (AvgIpc) is 2.34. The Bertz CT molecular complexity index is 446. The van der Waals surface area contributed by atoms with Crippen molar-refractivity contribution in [2.24, 2.45) is 0 Å². The number of carbonyl (C=O) groups excluding carboxylic acids is 1. The lowest BCUT2D eigenvalue weighted by Crippen LogP contribution is -2.25. The van der Waals surface area contributed by atoms with E-state index >= 15 is 0 Å². The van der Waals surface area contributed by atoms with Crippen LogP contribution in [0.25, 0.3) is 0 Å². The molecule has 7 heteroatoms. The molecule has 0 saturated heterocycles. The second kappa shape index (κ2) is 5.26. The second-order valence-electron chi connectivity index (χ2n) is 3.40. The Morgan fingerprint density at radius 2 is 1.89 bits per heavy atom. The van der Waals surface area contributed by atoms with E-state index in [1.807, 2.05) is 0 Å². The monoisotopic (exact) mass is 263 g/mol. The van der Waals surface area contributed by atoms with Gasteiger partial charge in [-0.1, -0.05) is 0 Å². The van der Waals surface area contributed by atoms with E-state index in [1.54, 1.807) is 0 Å². The van der Waals surface area contributed by atoms with E-state index in [2.05, 4.69) is 9.57 Å². The van der Waals surface area contributed by atoms with Crippen LogP contribution in [-0.4, -0.2) is 32.2 Å². The third-order valence-corrected chi connectivity index (χ3v) is 2.31. The number of benzene rings is 1. The molecule has 100 valence electrons. The summed E-state index contributed by atoms with van der Waals surface area (Å²) in [4.78, 5) is 16.3. The van der Waals surface area contributed by atoms with Crippen molar-refractivity contribution in [1.29, 1.82) is 0 Å². The van der Waals surface area contributed by atoms with Gasteiger partial charge in [0.2, 0.25) is 0 Å². The molecule has 18 heavy (non-hydrogen) atoms. The lowest BCUT2D eigenvalue weighted by Gasteiger charge is -2.16. The first-order valence-corrected chi connectivity index (χ1v) is 4.88. The molecule has 1 rings (SSSR count). The van der Waals surface area contributed by atoms with E-state index in [-0.39, 0.29) is 5.56 Å². The van der Waals surface area contributed by atoms with Crippen LogP contribution in [0.4, 0.5) is 13.2 Å². The molecule has 0 heterocycles. The van der Waals surface area contributed by atoms with Gasteiger partial charge in [0.25, 0.3) is 5.91 Å². The molecule has 0 saturated carbocycles. The largest absolute Gasteiger partial charge is 0.496 e. The molecule has 1 aromatic carbocycles. The van der Waals surface area contributed by atoms with Crippen molar-refractivity contribution in [3.8, 4) is 5.75 Å². The minimum atomic E-state index is -4.53. The smallest absolute Gasteiger partial charge is 0.419 e. The van der Waals surface area contributed by atoms with Crippen LogP contribution in [0.2, 0.25) is 0 Å². The van der Waals surface area contributed by atoms with Gasteiger partial charge in [0, 0.05) is 12.6 Å². The number of halogens is 3. The first kappa shape index (κ1) is 14.3. The molecule has 0 atom stereocenters. The zero-order valence-corrected chi connectivity index (χ0v) is 10.0. The Hall–Kier alpha value is -1.76. The molecule has 0 aliphatic rings. The molecule has 0 aromatic heterocycles. The average molecular weight is 263 g/mol. The number of ether oxygens (including phenoxy) is 1. The van der Waals surface area contributed by atoms with Gasteiger partial charge in [0.1, 0.15) is 5.75 Å². The highest BCUT2D eigenvalue weighted by molar-refractivity contribution is 5.93. The second-order valence-corrected chi connectivity index (χ2v) is 3.40. The van der Waals surface area contributed by atoms with Crippen LogP contribution in [0.3, 0.4) is 0 Å². The third-order valence-electron chi connectivity index (χ3n) is 2.31. The number of amides is 1. The number of rotatable bonds is 3. The fourth-order valence-electron chi connectivity index (χ4n) is 1.32. The van der Waals surface area contributed by atoms with Crippen molar-refractivity contribution in [1.82, 2.24) is 5.06 Å². The van der Waals surface area contributed by atoms with Crippen LogP contribution < -0.4 is 4.74 Å². The topological polar surface area (TPSA) is 38.8 Å². The van der Waals surface area contributed by atoms with E-state index < -0.39 is 23.4 Å². The third kappa shape index (κ3) is 2.92.